The van der Waals surface area contributed by atoms with Crippen molar-refractivity contribution in [1.29, 1.82) is 0 Å². The van der Waals surface area contributed by atoms with Crippen molar-refractivity contribution < 1.29 is 0 Å². The van der Waals surface area contributed by atoms with Crippen molar-refractivity contribution in [3.8, 4) is 44.5 Å². The van der Waals surface area contributed by atoms with E-state index >= 15 is 0 Å². The maximum atomic E-state index is 2.55. The Labute approximate surface area is 361 Å². The number of hydrogen-bond acceptors (Lipinski definition) is 1. The van der Waals surface area contributed by atoms with Crippen LogP contribution in [0.4, 0.5) is 17.1 Å². The second kappa shape index (κ2) is 13.5. The van der Waals surface area contributed by atoms with Crippen LogP contribution in [-0.4, -0.2) is 0 Å². The summed E-state index contributed by atoms with van der Waals surface area (Å²) in [4.78, 5) is 2.51. The molecule has 0 saturated carbocycles. The van der Waals surface area contributed by atoms with Gasteiger partial charge in [0.25, 0.3) is 0 Å². The van der Waals surface area contributed by atoms with Crippen LogP contribution in [-0.2, 0) is 5.41 Å². The van der Waals surface area contributed by atoms with Crippen LogP contribution in [0.2, 0.25) is 0 Å². The molecule has 0 aromatic heterocycles. The van der Waals surface area contributed by atoms with Crippen LogP contribution in [0.1, 0.15) is 22.3 Å². The fourth-order valence-corrected chi connectivity index (χ4v) is 11.1. The molecule has 0 saturated heterocycles. The van der Waals surface area contributed by atoms with Crippen LogP contribution in [0.5, 0.6) is 0 Å². The molecule has 0 bridgehead atoms. The van der Waals surface area contributed by atoms with Crippen molar-refractivity contribution in [3.05, 3.63) is 259 Å². The zero-order valence-electron chi connectivity index (χ0n) is 34.0. The molecule has 0 heterocycles. The summed E-state index contributed by atoms with van der Waals surface area (Å²) < 4.78 is 0. The lowest BCUT2D eigenvalue weighted by Crippen LogP contribution is -2.26. The summed E-state index contributed by atoms with van der Waals surface area (Å²) in [6.45, 7) is 0. The standard InChI is InChI=1S/C61H39N/c1-3-18-40(19-4-1)41-20-17-21-42(36-41)53-38-55-52-30-13-16-33-58(52)61(56-31-14-11-28-50(56)51-29-12-15-32-57(51)61)59(55)39-60(53)62(43-22-5-2-6-23-43)44-34-35-49-47-26-8-7-24-45(47)46-25-9-10-27-48(46)54(49)37-44/h1-39H. The first-order chi connectivity index (χ1) is 30.8. The number of benzene rings is 11. The maximum absolute atomic E-state index is 2.55. The van der Waals surface area contributed by atoms with E-state index in [2.05, 4.69) is 241 Å². The van der Waals surface area contributed by atoms with E-state index in [1.54, 1.807) is 0 Å². The minimum absolute atomic E-state index is 0.487. The number of nitrogens with zero attached hydrogens (tertiary/aromatic N) is 1. The Hall–Kier alpha value is -8.00. The monoisotopic (exact) mass is 785 g/mol. The summed E-state index contributed by atoms with van der Waals surface area (Å²) >= 11 is 0. The topological polar surface area (TPSA) is 3.24 Å². The lowest BCUT2D eigenvalue weighted by molar-refractivity contribution is 0.794. The highest BCUT2D eigenvalue weighted by Crippen LogP contribution is 2.64. The van der Waals surface area contributed by atoms with Gasteiger partial charge >= 0.3 is 0 Å². The van der Waals surface area contributed by atoms with Crippen LogP contribution in [0.25, 0.3) is 76.8 Å². The van der Waals surface area contributed by atoms with Crippen LogP contribution >= 0.6 is 0 Å². The molecule has 11 aromatic rings. The molecule has 0 N–H and O–H groups in total. The van der Waals surface area contributed by atoms with Crippen LogP contribution in [0, 0.1) is 0 Å². The maximum Gasteiger partial charge on any atom is 0.0726 e. The molecule has 1 spiro atoms. The van der Waals surface area contributed by atoms with E-state index in [1.165, 1.54) is 99.1 Å². The van der Waals surface area contributed by atoms with E-state index in [4.69, 9.17) is 0 Å². The Morgan fingerprint density at radius 3 is 1.32 bits per heavy atom. The van der Waals surface area contributed by atoms with E-state index < -0.39 is 5.41 Å². The van der Waals surface area contributed by atoms with Crippen LogP contribution in [0.3, 0.4) is 0 Å². The number of rotatable bonds is 5. The molecule has 2 aliphatic carbocycles. The van der Waals surface area contributed by atoms with Crippen LogP contribution < -0.4 is 4.90 Å². The van der Waals surface area contributed by atoms with Crippen molar-refractivity contribution in [2.24, 2.45) is 0 Å². The van der Waals surface area contributed by atoms with Gasteiger partial charge < -0.3 is 4.90 Å². The van der Waals surface area contributed by atoms with Gasteiger partial charge in [-0.1, -0.05) is 194 Å². The molecule has 0 unspecified atom stereocenters. The molecule has 0 atom stereocenters. The second-order valence-electron chi connectivity index (χ2n) is 16.7. The number of para-hydroxylation sites is 1. The molecule has 0 fully saturated rings. The predicted octanol–water partition coefficient (Wildman–Crippen LogP) is 16.3. The lowest BCUT2D eigenvalue weighted by Gasteiger charge is -2.33. The van der Waals surface area contributed by atoms with Gasteiger partial charge in [-0.3, -0.25) is 0 Å². The second-order valence-corrected chi connectivity index (χ2v) is 16.7. The summed E-state index contributed by atoms with van der Waals surface area (Å²) in [6.07, 6.45) is 0. The number of hydrogen-bond donors (Lipinski definition) is 0. The summed E-state index contributed by atoms with van der Waals surface area (Å²) in [5.74, 6) is 0. The highest BCUT2D eigenvalue weighted by molar-refractivity contribution is 6.26. The first-order valence-corrected chi connectivity index (χ1v) is 21.6. The van der Waals surface area contributed by atoms with Crippen LogP contribution in [0.15, 0.2) is 237 Å². The van der Waals surface area contributed by atoms with Gasteiger partial charge in [0.15, 0.2) is 0 Å². The van der Waals surface area contributed by atoms with Crippen molar-refractivity contribution in [3.63, 3.8) is 0 Å². The summed E-state index contributed by atoms with van der Waals surface area (Å²) in [7, 11) is 0. The van der Waals surface area contributed by atoms with E-state index in [-0.39, 0.29) is 0 Å². The fourth-order valence-electron chi connectivity index (χ4n) is 11.1. The van der Waals surface area contributed by atoms with E-state index in [0.717, 1.165) is 17.1 Å². The summed E-state index contributed by atoms with van der Waals surface area (Å²) in [5, 5.41) is 7.59. The highest BCUT2D eigenvalue weighted by Gasteiger charge is 2.52. The molecule has 0 amide bonds. The predicted molar refractivity (Wildman–Crippen MR) is 261 cm³/mol. The number of fused-ring (bicyclic) bond motifs is 16. The third-order valence-corrected chi connectivity index (χ3v) is 13.6. The first kappa shape index (κ1) is 34.8. The fraction of sp³-hybridized carbons (Fsp3) is 0.0164. The summed E-state index contributed by atoms with van der Waals surface area (Å²) in [6, 6.07) is 88.0. The molecule has 62 heavy (non-hydrogen) atoms. The normalized spacial score (nSPS) is 13.0. The van der Waals surface area contributed by atoms with E-state index in [9.17, 15) is 0 Å². The Kier molecular flexibility index (Phi) is 7.59. The number of anilines is 3. The van der Waals surface area contributed by atoms with E-state index in [0.29, 0.717) is 0 Å². The SMILES string of the molecule is c1ccc(-c2cccc(-c3cc4c(cc3N(c3ccccc3)c3ccc5c6ccccc6c6ccccc6c5c3)C3(c5ccccc5-c5ccccc53)c3ccccc3-4)c2)cc1. The quantitative estimate of drug-likeness (QED) is 0.157. The smallest absolute Gasteiger partial charge is 0.0726 e. The Bertz CT molecular complexity index is 3500. The Morgan fingerprint density at radius 2 is 0.710 bits per heavy atom. The molecule has 1 heteroatoms. The zero-order chi connectivity index (χ0) is 40.8. The van der Waals surface area contributed by atoms with E-state index in [1.807, 2.05) is 0 Å². The van der Waals surface area contributed by atoms with Crippen molar-refractivity contribution in [2.75, 3.05) is 4.90 Å². The molecule has 1 nitrogen and oxygen atoms in total. The largest absolute Gasteiger partial charge is 0.310 e. The molecule has 13 rings (SSSR count). The average molecular weight is 786 g/mol. The molecule has 0 radical (unpaired) electrons. The third kappa shape index (κ3) is 4.91. The van der Waals surface area contributed by atoms with Gasteiger partial charge in [-0.2, -0.15) is 0 Å². The minimum atomic E-state index is -0.487. The van der Waals surface area contributed by atoms with Gasteiger partial charge in [0.2, 0.25) is 0 Å². The Balaban J connectivity index is 1.16. The van der Waals surface area contributed by atoms with Gasteiger partial charge in [-0.15, -0.1) is 0 Å². The molecule has 2 aliphatic rings. The lowest BCUT2D eigenvalue weighted by atomic mass is 9.70. The van der Waals surface area contributed by atoms with Crippen molar-refractivity contribution in [1.82, 2.24) is 0 Å². The first-order valence-electron chi connectivity index (χ1n) is 21.6. The summed E-state index contributed by atoms with van der Waals surface area (Å²) in [5.41, 5.74) is 18.1. The zero-order valence-corrected chi connectivity index (χ0v) is 34.0. The van der Waals surface area contributed by atoms with Gasteiger partial charge in [0.05, 0.1) is 11.1 Å². The van der Waals surface area contributed by atoms with Gasteiger partial charge in [0, 0.05) is 16.9 Å². The molecular weight excluding hydrogens is 747 g/mol. The molecule has 288 valence electrons. The van der Waals surface area contributed by atoms with Gasteiger partial charge in [-0.05, 0) is 136 Å². The minimum Gasteiger partial charge on any atom is -0.310 e. The van der Waals surface area contributed by atoms with Gasteiger partial charge in [0.1, 0.15) is 0 Å². The van der Waals surface area contributed by atoms with Crippen molar-refractivity contribution >= 4 is 49.4 Å². The van der Waals surface area contributed by atoms with Crippen molar-refractivity contribution in [2.45, 2.75) is 5.41 Å². The third-order valence-electron chi connectivity index (χ3n) is 13.6. The molecule has 11 aromatic carbocycles. The Morgan fingerprint density at radius 1 is 0.242 bits per heavy atom. The average Bonchev–Trinajstić information content (AvgIpc) is 3.81. The van der Waals surface area contributed by atoms with Gasteiger partial charge in [-0.25, -0.2) is 0 Å². The highest BCUT2D eigenvalue weighted by atomic mass is 15.1. The molecular formula is C61H39N. The molecule has 0 aliphatic heterocycles.